The zero-order valence-electron chi connectivity index (χ0n) is 19.9. The van der Waals surface area contributed by atoms with Crippen molar-refractivity contribution in [2.24, 2.45) is 0 Å². The van der Waals surface area contributed by atoms with E-state index < -0.39 is 0 Å². The summed E-state index contributed by atoms with van der Waals surface area (Å²) in [5, 5.41) is 2.34. The Morgan fingerprint density at radius 3 is 1.95 bits per heavy atom. The number of hydrogen-bond acceptors (Lipinski definition) is 4. The Balaban J connectivity index is 1.37. The fourth-order valence-corrected chi connectivity index (χ4v) is 4.80. The third-order valence-corrected chi connectivity index (χ3v) is 6.58. The average molecular weight is 476 g/mol. The lowest BCUT2D eigenvalue weighted by Crippen LogP contribution is -1.99. The molecule has 37 heavy (non-hydrogen) atoms. The van der Waals surface area contributed by atoms with Crippen LogP contribution in [0, 0.1) is 0 Å². The van der Waals surface area contributed by atoms with Gasteiger partial charge >= 0.3 is 0 Å². The summed E-state index contributed by atoms with van der Waals surface area (Å²) in [7, 11) is 0. The molecule has 5 heteroatoms. The molecule has 174 valence electrons. The third-order valence-electron chi connectivity index (χ3n) is 6.58. The summed E-state index contributed by atoms with van der Waals surface area (Å²) in [6.45, 7) is 0. The molecule has 0 aliphatic carbocycles. The number of nitrogens with zero attached hydrogens (tertiary/aromatic N) is 5. The maximum atomic E-state index is 4.92. The monoisotopic (exact) mass is 475 g/mol. The van der Waals surface area contributed by atoms with E-state index in [-0.39, 0.29) is 0 Å². The highest BCUT2D eigenvalue weighted by molar-refractivity contribution is 6.08. The van der Waals surface area contributed by atoms with E-state index in [4.69, 9.17) is 15.0 Å². The fourth-order valence-electron chi connectivity index (χ4n) is 4.80. The van der Waals surface area contributed by atoms with Crippen molar-refractivity contribution in [2.45, 2.75) is 0 Å². The van der Waals surface area contributed by atoms with Gasteiger partial charge in [-0.25, -0.2) is 15.0 Å². The predicted molar refractivity (Wildman–Crippen MR) is 148 cm³/mol. The summed E-state index contributed by atoms with van der Waals surface area (Å²) in [6.07, 6.45) is 5.62. The van der Waals surface area contributed by atoms with Gasteiger partial charge in [0.05, 0.1) is 28.6 Å². The molecule has 0 aliphatic rings. The van der Waals surface area contributed by atoms with Crippen LogP contribution >= 0.6 is 0 Å². The summed E-state index contributed by atoms with van der Waals surface area (Å²) in [5.41, 5.74) is 6.79. The molecule has 4 heterocycles. The molecule has 0 saturated heterocycles. The Morgan fingerprint density at radius 2 is 1.19 bits per heavy atom. The molecular weight excluding hydrogens is 454 g/mol. The first-order valence-corrected chi connectivity index (χ1v) is 12.1. The third kappa shape index (κ3) is 3.74. The lowest BCUT2D eigenvalue weighted by molar-refractivity contribution is 1.07. The van der Waals surface area contributed by atoms with E-state index in [0.29, 0.717) is 5.82 Å². The molecule has 0 amide bonds. The van der Waals surface area contributed by atoms with E-state index in [0.717, 1.165) is 50.3 Å². The van der Waals surface area contributed by atoms with E-state index in [1.807, 2.05) is 79.3 Å². The van der Waals surface area contributed by atoms with Gasteiger partial charge in [-0.05, 0) is 30.3 Å². The Morgan fingerprint density at radius 1 is 0.514 bits per heavy atom. The number of para-hydroxylation sites is 1. The maximum Gasteiger partial charge on any atom is 0.160 e. The molecule has 0 aliphatic heterocycles. The van der Waals surface area contributed by atoms with Crippen LogP contribution in [0.4, 0.5) is 0 Å². The highest BCUT2D eigenvalue weighted by atomic mass is 15.1. The van der Waals surface area contributed by atoms with Gasteiger partial charge in [-0.3, -0.25) is 9.55 Å². The average Bonchev–Trinajstić information content (AvgIpc) is 3.32. The number of pyridine rings is 2. The SMILES string of the molecule is c1ccc(-c2cc(-c3ccc(-n4c5ccccc5c5ccncc54)nc3)nc(-c3ccccc3)n2)cc1. The highest BCUT2D eigenvalue weighted by Gasteiger charge is 2.14. The molecule has 0 bridgehead atoms. The molecule has 7 aromatic rings. The largest absolute Gasteiger partial charge is 0.292 e. The molecular formula is C32H21N5. The predicted octanol–water partition coefficient (Wildman–Crippen LogP) is 7.36. The Labute approximate surface area is 213 Å². The maximum absolute atomic E-state index is 4.92. The lowest BCUT2D eigenvalue weighted by Gasteiger charge is -2.10. The molecule has 0 atom stereocenters. The van der Waals surface area contributed by atoms with Crippen LogP contribution in [-0.2, 0) is 0 Å². The first kappa shape index (κ1) is 21.1. The van der Waals surface area contributed by atoms with Crippen LogP contribution in [0.5, 0.6) is 0 Å². The van der Waals surface area contributed by atoms with Gasteiger partial charge in [-0.2, -0.15) is 0 Å². The van der Waals surface area contributed by atoms with Gasteiger partial charge in [0.25, 0.3) is 0 Å². The van der Waals surface area contributed by atoms with Crippen LogP contribution in [0.25, 0.3) is 61.5 Å². The van der Waals surface area contributed by atoms with Crippen LogP contribution < -0.4 is 0 Å². The van der Waals surface area contributed by atoms with Crippen molar-refractivity contribution >= 4 is 21.8 Å². The summed E-state index contributed by atoms with van der Waals surface area (Å²) in [4.78, 5) is 19.1. The minimum absolute atomic E-state index is 0.689. The standard InChI is InChI=1S/C32H21N5/c1-3-9-22(10-4-1)27-19-28(36-32(35-27)23-11-5-2-6-12-23)24-15-16-31(34-20-24)37-29-14-8-7-13-25(29)26-17-18-33-21-30(26)37/h1-21H. The van der Waals surface area contributed by atoms with Crippen LogP contribution in [0.2, 0.25) is 0 Å². The van der Waals surface area contributed by atoms with Crippen molar-refractivity contribution in [1.29, 1.82) is 0 Å². The van der Waals surface area contributed by atoms with Crippen molar-refractivity contribution in [3.63, 3.8) is 0 Å². The first-order chi connectivity index (χ1) is 18.3. The Hall–Kier alpha value is -5.16. The van der Waals surface area contributed by atoms with Crippen LogP contribution in [0.1, 0.15) is 0 Å². The second-order valence-electron chi connectivity index (χ2n) is 8.84. The van der Waals surface area contributed by atoms with Crippen LogP contribution in [-0.4, -0.2) is 24.5 Å². The van der Waals surface area contributed by atoms with Gasteiger partial charge in [-0.15, -0.1) is 0 Å². The minimum atomic E-state index is 0.689. The Bertz CT molecular complexity index is 1750. The normalized spacial score (nSPS) is 11.2. The summed E-state index contributed by atoms with van der Waals surface area (Å²) < 4.78 is 2.16. The molecule has 0 N–H and O–H groups in total. The molecule has 0 unspecified atom stereocenters. The van der Waals surface area contributed by atoms with Crippen LogP contribution in [0.3, 0.4) is 0 Å². The second-order valence-corrected chi connectivity index (χ2v) is 8.84. The molecule has 7 rings (SSSR count). The van der Waals surface area contributed by atoms with Crippen molar-refractivity contribution in [2.75, 3.05) is 0 Å². The van der Waals surface area contributed by atoms with Crippen molar-refractivity contribution < 1.29 is 0 Å². The zero-order valence-corrected chi connectivity index (χ0v) is 19.9. The van der Waals surface area contributed by atoms with Gasteiger partial charge in [-0.1, -0.05) is 78.9 Å². The summed E-state index contributed by atoms with van der Waals surface area (Å²) >= 11 is 0. The zero-order chi connectivity index (χ0) is 24.6. The van der Waals surface area contributed by atoms with Gasteiger partial charge in [0, 0.05) is 39.9 Å². The van der Waals surface area contributed by atoms with Gasteiger partial charge < -0.3 is 0 Å². The highest BCUT2D eigenvalue weighted by Crippen LogP contribution is 2.32. The Kier molecular flexibility index (Phi) is 5.03. The lowest BCUT2D eigenvalue weighted by atomic mass is 10.1. The number of rotatable bonds is 4. The number of hydrogen-bond donors (Lipinski definition) is 0. The first-order valence-electron chi connectivity index (χ1n) is 12.1. The molecule has 3 aromatic carbocycles. The van der Waals surface area contributed by atoms with E-state index in [1.54, 1.807) is 0 Å². The molecule has 0 saturated carbocycles. The van der Waals surface area contributed by atoms with Crippen molar-refractivity contribution in [1.82, 2.24) is 24.5 Å². The molecule has 4 aromatic heterocycles. The molecule has 5 nitrogen and oxygen atoms in total. The van der Waals surface area contributed by atoms with Gasteiger partial charge in [0.15, 0.2) is 5.82 Å². The summed E-state index contributed by atoms with van der Waals surface area (Å²) in [5.74, 6) is 1.53. The van der Waals surface area contributed by atoms with Gasteiger partial charge in [0.1, 0.15) is 5.82 Å². The quantitative estimate of drug-likeness (QED) is 0.267. The topological polar surface area (TPSA) is 56.5 Å². The number of benzene rings is 3. The van der Waals surface area contributed by atoms with Crippen molar-refractivity contribution in [3.05, 3.63) is 128 Å². The summed E-state index contributed by atoms with van der Waals surface area (Å²) in [6, 6.07) is 36.8. The van der Waals surface area contributed by atoms with Crippen molar-refractivity contribution in [3.8, 4) is 39.7 Å². The number of aromatic nitrogens is 5. The van der Waals surface area contributed by atoms with E-state index in [1.165, 1.54) is 5.39 Å². The van der Waals surface area contributed by atoms with Gasteiger partial charge in [0.2, 0.25) is 0 Å². The second kappa shape index (κ2) is 8.81. The fraction of sp³-hybridized carbons (Fsp3) is 0. The minimum Gasteiger partial charge on any atom is -0.292 e. The van der Waals surface area contributed by atoms with Crippen LogP contribution in [0.15, 0.2) is 128 Å². The number of fused-ring (bicyclic) bond motifs is 3. The molecule has 0 spiro atoms. The molecule has 0 fully saturated rings. The molecule has 0 radical (unpaired) electrons. The van der Waals surface area contributed by atoms with E-state index in [9.17, 15) is 0 Å². The smallest absolute Gasteiger partial charge is 0.160 e. The van der Waals surface area contributed by atoms with E-state index in [2.05, 4.69) is 58.1 Å². The van der Waals surface area contributed by atoms with E-state index >= 15 is 0 Å².